The number of nitrogens with zero attached hydrogens (tertiary/aromatic N) is 3. The topological polar surface area (TPSA) is 80.2 Å². The van der Waals surface area contributed by atoms with Crippen molar-refractivity contribution in [3.8, 4) is 5.75 Å². The molecular weight excluding hydrogens is 320 g/mol. The van der Waals surface area contributed by atoms with Gasteiger partial charge in [0, 0.05) is 31.1 Å². The summed E-state index contributed by atoms with van der Waals surface area (Å²) in [6.07, 6.45) is 0.546. The van der Waals surface area contributed by atoms with Crippen LogP contribution in [0.3, 0.4) is 0 Å². The number of rotatable bonds is 3. The van der Waals surface area contributed by atoms with Gasteiger partial charge in [0.25, 0.3) is 5.91 Å². The van der Waals surface area contributed by atoms with Crippen LogP contribution in [-0.4, -0.2) is 45.3 Å². The molecule has 0 bridgehead atoms. The molecule has 3 rings (SSSR count). The summed E-state index contributed by atoms with van der Waals surface area (Å²) < 4.78 is 7.16. The highest BCUT2D eigenvalue weighted by molar-refractivity contribution is 6.30. The highest BCUT2D eigenvalue weighted by atomic mass is 35.5. The number of H-pyrrole nitrogens is 1. The summed E-state index contributed by atoms with van der Waals surface area (Å²) in [5.74, 6) is 1.21. The number of nitrogens with one attached hydrogen (secondary N) is 1. The maximum absolute atomic E-state index is 12.3. The Morgan fingerprint density at radius 2 is 2.22 bits per heavy atom. The number of carbonyl (C=O) groups excluding carboxylic acids is 1. The average Bonchev–Trinajstić information content (AvgIpc) is 2.74. The first-order chi connectivity index (χ1) is 11.0. The molecule has 8 heteroatoms. The summed E-state index contributed by atoms with van der Waals surface area (Å²) in [7, 11) is 0. The first-order valence-electron chi connectivity index (χ1n) is 7.35. The van der Waals surface area contributed by atoms with Gasteiger partial charge >= 0.3 is 5.69 Å². The number of halogens is 1. The van der Waals surface area contributed by atoms with Crippen LogP contribution in [0.25, 0.3) is 0 Å². The van der Waals surface area contributed by atoms with Gasteiger partial charge < -0.3 is 9.64 Å². The Bertz CT molecular complexity index is 783. The second-order valence-electron chi connectivity index (χ2n) is 5.43. The van der Waals surface area contributed by atoms with Crippen molar-refractivity contribution < 1.29 is 9.53 Å². The van der Waals surface area contributed by atoms with Crippen molar-refractivity contribution >= 4 is 17.5 Å². The molecule has 23 heavy (non-hydrogen) atoms. The zero-order valence-electron chi connectivity index (χ0n) is 12.7. The second kappa shape index (κ2) is 6.45. The van der Waals surface area contributed by atoms with Crippen LogP contribution in [0, 0.1) is 6.92 Å². The summed E-state index contributed by atoms with van der Waals surface area (Å²) in [6.45, 7) is 3.26. The van der Waals surface area contributed by atoms with E-state index in [0.29, 0.717) is 42.7 Å². The van der Waals surface area contributed by atoms with Crippen molar-refractivity contribution in [1.82, 2.24) is 19.7 Å². The summed E-state index contributed by atoms with van der Waals surface area (Å²) in [5, 5.41) is 7.03. The minimum atomic E-state index is -0.234. The van der Waals surface area contributed by atoms with Crippen molar-refractivity contribution in [1.29, 1.82) is 0 Å². The number of aryl methyl sites for hydroxylation is 1. The van der Waals surface area contributed by atoms with Crippen molar-refractivity contribution in [3.05, 3.63) is 45.1 Å². The lowest BCUT2D eigenvalue weighted by Crippen LogP contribution is -2.37. The molecule has 1 N–H and O–H groups in total. The molecule has 0 unspecified atom stereocenters. The smallest absolute Gasteiger partial charge is 0.343 e. The lowest BCUT2D eigenvalue weighted by molar-refractivity contribution is -0.133. The van der Waals surface area contributed by atoms with Crippen molar-refractivity contribution in [3.63, 3.8) is 0 Å². The van der Waals surface area contributed by atoms with E-state index in [2.05, 4.69) is 10.2 Å². The third-order valence-corrected chi connectivity index (χ3v) is 4.11. The summed E-state index contributed by atoms with van der Waals surface area (Å²) in [5.41, 5.74) is 0.648. The van der Waals surface area contributed by atoms with Crippen LogP contribution in [-0.2, 0) is 17.8 Å². The number of fused-ring (bicyclic) bond motifs is 1. The van der Waals surface area contributed by atoms with E-state index in [9.17, 15) is 9.59 Å². The van der Waals surface area contributed by atoms with Gasteiger partial charge in [-0.3, -0.25) is 9.36 Å². The fourth-order valence-electron chi connectivity index (χ4n) is 2.59. The molecule has 1 aromatic heterocycles. The van der Waals surface area contributed by atoms with E-state index in [1.807, 2.05) is 6.92 Å². The summed E-state index contributed by atoms with van der Waals surface area (Å²) in [4.78, 5) is 25.6. The molecule has 1 aromatic carbocycles. The first kappa shape index (κ1) is 15.6. The molecule has 1 aliphatic heterocycles. The number of aromatic nitrogens is 3. The van der Waals surface area contributed by atoms with E-state index >= 15 is 0 Å². The molecule has 1 aliphatic rings. The van der Waals surface area contributed by atoms with Gasteiger partial charge in [-0.25, -0.2) is 9.89 Å². The average molecular weight is 337 g/mol. The Balaban J connectivity index is 1.60. The monoisotopic (exact) mass is 336 g/mol. The fourth-order valence-corrected chi connectivity index (χ4v) is 2.82. The minimum Gasteiger partial charge on any atom is -0.483 e. The third kappa shape index (κ3) is 3.39. The fraction of sp³-hybridized carbons (Fsp3) is 0.400. The van der Waals surface area contributed by atoms with Gasteiger partial charge in [-0.2, -0.15) is 5.10 Å². The Labute approximate surface area is 137 Å². The molecule has 2 heterocycles. The van der Waals surface area contributed by atoms with Crippen molar-refractivity contribution in [2.24, 2.45) is 0 Å². The first-order valence-corrected chi connectivity index (χ1v) is 7.73. The SMILES string of the molecule is Cc1cc(Cl)ccc1OCC(=O)N1CCc2n[nH]c(=O)n2CC1. The number of ether oxygens (including phenoxy) is 1. The standard InChI is InChI=1S/C15H17ClN4O3/c1-10-8-11(16)2-3-12(10)23-9-14(21)19-5-4-13-17-18-15(22)20(13)7-6-19/h2-3,8H,4-7,9H2,1H3,(H,18,22). The van der Waals surface area contributed by atoms with E-state index in [1.54, 1.807) is 27.7 Å². The maximum Gasteiger partial charge on any atom is 0.343 e. The molecule has 0 aliphatic carbocycles. The Morgan fingerprint density at radius 1 is 1.39 bits per heavy atom. The molecule has 0 saturated carbocycles. The van der Waals surface area contributed by atoms with Gasteiger partial charge in [-0.1, -0.05) is 11.6 Å². The molecule has 2 aromatic rings. The lowest BCUT2D eigenvalue weighted by atomic mass is 10.2. The van der Waals surface area contributed by atoms with E-state index in [4.69, 9.17) is 16.3 Å². The normalized spacial score (nSPS) is 14.3. The molecule has 0 radical (unpaired) electrons. The van der Waals surface area contributed by atoms with E-state index < -0.39 is 0 Å². The van der Waals surface area contributed by atoms with Crippen LogP contribution in [0.4, 0.5) is 0 Å². The summed E-state index contributed by atoms with van der Waals surface area (Å²) >= 11 is 5.90. The molecule has 7 nitrogen and oxygen atoms in total. The number of amides is 1. The van der Waals surface area contributed by atoms with Crippen LogP contribution in [0.15, 0.2) is 23.0 Å². The van der Waals surface area contributed by atoms with Crippen molar-refractivity contribution in [2.45, 2.75) is 19.9 Å². The zero-order chi connectivity index (χ0) is 16.4. The Hall–Kier alpha value is -2.28. The Morgan fingerprint density at radius 3 is 3.00 bits per heavy atom. The molecule has 0 saturated heterocycles. The molecule has 1 amide bonds. The molecule has 0 fully saturated rings. The number of aromatic amines is 1. The lowest BCUT2D eigenvalue weighted by Gasteiger charge is -2.20. The van der Waals surface area contributed by atoms with E-state index in [1.165, 1.54) is 0 Å². The molecule has 0 atom stereocenters. The van der Waals surface area contributed by atoms with Crippen molar-refractivity contribution in [2.75, 3.05) is 19.7 Å². The maximum atomic E-state index is 12.3. The number of hydrogen-bond donors (Lipinski definition) is 1. The largest absolute Gasteiger partial charge is 0.483 e. The highest BCUT2D eigenvalue weighted by Crippen LogP contribution is 2.21. The van der Waals surface area contributed by atoms with Gasteiger partial charge in [-0.05, 0) is 30.7 Å². The summed E-state index contributed by atoms with van der Waals surface area (Å²) in [6, 6.07) is 5.27. The van der Waals surface area contributed by atoms with Gasteiger partial charge in [0.15, 0.2) is 6.61 Å². The molecule has 122 valence electrons. The Kier molecular flexibility index (Phi) is 4.38. The molecule has 0 spiro atoms. The quantitative estimate of drug-likeness (QED) is 0.906. The zero-order valence-corrected chi connectivity index (χ0v) is 13.5. The third-order valence-electron chi connectivity index (χ3n) is 3.88. The molecular formula is C15H17ClN4O3. The number of carbonyl (C=O) groups is 1. The van der Waals surface area contributed by atoms with Crippen LogP contribution < -0.4 is 10.4 Å². The van der Waals surface area contributed by atoms with E-state index in [-0.39, 0.29) is 18.2 Å². The number of benzene rings is 1. The predicted octanol–water partition coefficient (Wildman–Crippen LogP) is 0.997. The van der Waals surface area contributed by atoms with Gasteiger partial charge in [0.1, 0.15) is 11.6 Å². The minimum absolute atomic E-state index is 0.0405. The van der Waals surface area contributed by atoms with Gasteiger partial charge in [-0.15, -0.1) is 0 Å². The van der Waals surface area contributed by atoms with Crippen LogP contribution in [0.2, 0.25) is 5.02 Å². The number of hydrogen-bond acceptors (Lipinski definition) is 4. The van der Waals surface area contributed by atoms with Crippen LogP contribution >= 0.6 is 11.6 Å². The van der Waals surface area contributed by atoms with E-state index in [0.717, 1.165) is 5.56 Å². The predicted molar refractivity (Wildman–Crippen MR) is 84.8 cm³/mol. The van der Waals surface area contributed by atoms with Crippen LogP contribution in [0.1, 0.15) is 11.4 Å². The van der Waals surface area contributed by atoms with Gasteiger partial charge in [0.05, 0.1) is 0 Å². The van der Waals surface area contributed by atoms with Crippen LogP contribution in [0.5, 0.6) is 5.75 Å². The highest BCUT2D eigenvalue weighted by Gasteiger charge is 2.21. The van der Waals surface area contributed by atoms with Gasteiger partial charge in [0.2, 0.25) is 0 Å². The second-order valence-corrected chi connectivity index (χ2v) is 5.86.